The molecule has 1 aromatic rings. The highest BCUT2D eigenvalue weighted by Gasteiger charge is 2.67. The molecule has 4 aliphatic rings. The lowest BCUT2D eigenvalue weighted by Crippen LogP contribution is -2.75. The van der Waals surface area contributed by atoms with E-state index in [0.717, 1.165) is 44.3 Å². The zero-order valence-electron chi connectivity index (χ0n) is 21.2. The summed E-state index contributed by atoms with van der Waals surface area (Å²) < 4.78 is 17.5. The average molecular weight is 486 g/mol. The smallest absolute Gasteiger partial charge is 0.306 e. The molecule has 2 saturated carbocycles. The second kappa shape index (κ2) is 9.64. The molecule has 4 fully saturated rings. The number of aromatic hydroxyl groups is 1. The van der Waals surface area contributed by atoms with Gasteiger partial charge in [0.15, 0.2) is 11.5 Å². The van der Waals surface area contributed by atoms with Crippen LogP contribution in [-0.4, -0.2) is 59.9 Å². The first-order chi connectivity index (χ1) is 16.8. The van der Waals surface area contributed by atoms with Crippen LogP contribution >= 0.6 is 0 Å². The third-order valence-electron chi connectivity index (χ3n) is 9.20. The largest absolute Gasteiger partial charge is 0.504 e. The van der Waals surface area contributed by atoms with E-state index in [2.05, 4.69) is 11.8 Å². The molecule has 1 spiro atoms. The van der Waals surface area contributed by atoms with Crippen LogP contribution in [0.4, 0.5) is 0 Å². The SMILES string of the molecule is COc1cc(CCC(=O)O[C@@H]2[C@@H](OC(C)=O)[C@H]3C[C@@H](C)C[C@@]45[C@@H]3CCCN4CCC[C@H]25)ccc1O. The molecule has 2 saturated heterocycles. The van der Waals surface area contributed by atoms with Gasteiger partial charge >= 0.3 is 11.9 Å². The molecule has 0 unspecified atom stereocenters. The van der Waals surface area contributed by atoms with E-state index in [-0.39, 0.29) is 47.6 Å². The number of phenolic OH excluding ortho intramolecular Hbond substituents is 1. The minimum absolute atomic E-state index is 0.0603. The summed E-state index contributed by atoms with van der Waals surface area (Å²) in [4.78, 5) is 28.1. The zero-order valence-corrected chi connectivity index (χ0v) is 21.2. The molecule has 0 aromatic heterocycles. The number of ether oxygens (including phenoxy) is 3. The van der Waals surface area contributed by atoms with Gasteiger partial charge in [0.25, 0.3) is 0 Å². The van der Waals surface area contributed by atoms with Crippen LogP contribution in [0.2, 0.25) is 0 Å². The van der Waals surface area contributed by atoms with Gasteiger partial charge in [-0.2, -0.15) is 0 Å². The van der Waals surface area contributed by atoms with Crippen molar-refractivity contribution in [1.82, 2.24) is 4.90 Å². The second-order valence-electron chi connectivity index (χ2n) is 11.2. The van der Waals surface area contributed by atoms with Crippen molar-refractivity contribution in [3.05, 3.63) is 23.8 Å². The predicted octanol–water partition coefficient (Wildman–Crippen LogP) is 4.10. The Labute approximate surface area is 208 Å². The summed E-state index contributed by atoms with van der Waals surface area (Å²) >= 11 is 0. The van der Waals surface area contributed by atoms with Crippen LogP contribution in [0, 0.1) is 23.7 Å². The quantitative estimate of drug-likeness (QED) is 0.607. The van der Waals surface area contributed by atoms with Crippen LogP contribution in [0.15, 0.2) is 18.2 Å². The molecule has 7 atom stereocenters. The van der Waals surface area contributed by atoms with Gasteiger partial charge in [0.05, 0.1) is 7.11 Å². The summed E-state index contributed by atoms with van der Waals surface area (Å²) in [6, 6.07) is 5.13. The first-order valence-electron chi connectivity index (χ1n) is 13.3. The second-order valence-corrected chi connectivity index (χ2v) is 11.2. The first kappa shape index (κ1) is 24.4. The summed E-state index contributed by atoms with van der Waals surface area (Å²) in [5.41, 5.74) is 0.961. The van der Waals surface area contributed by atoms with Gasteiger partial charge in [0, 0.05) is 30.7 Å². The Morgan fingerprint density at radius 2 is 1.86 bits per heavy atom. The number of rotatable bonds is 6. The molecule has 7 heteroatoms. The summed E-state index contributed by atoms with van der Waals surface area (Å²) in [7, 11) is 1.51. The molecular weight excluding hydrogens is 446 g/mol. The van der Waals surface area contributed by atoms with Crippen molar-refractivity contribution in [2.24, 2.45) is 23.7 Å². The van der Waals surface area contributed by atoms with Gasteiger partial charge in [0.1, 0.15) is 12.2 Å². The highest BCUT2D eigenvalue weighted by molar-refractivity contribution is 5.70. The Balaban J connectivity index is 1.39. The number of carbonyl (C=O) groups excluding carboxylic acids is 2. The van der Waals surface area contributed by atoms with Crippen LogP contribution in [0.25, 0.3) is 0 Å². The number of esters is 2. The Kier molecular flexibility index (Phi) is 6.73. The third-order valence-corrected chi connectivity index (χ3v) is 9.20. The average Bonchev–Trinajstić information content (AvgIpc) is 2.82. The normalized spacial score (nSPS) is 36.1. The fourth-order valence-corrected chi connectivity index (χ4v) is 8.18. The van der Waals surface area contributed by atoms with E-state index >= 15 is 0 Å². The molecular formula is C28H39NO6. The minimum Gasteiger partial charge on any atom is -0.504 e. The van der Waals surface area contributed by atoms with Crippen molar-refractivity contribution in [2.45, 2.75) is 83.0 Å². The predicted molar refractivity (Wildman–Crippen MR) is 130 cm³/mol. The molecule has 2 heterocycles. The van der Waals surface area contributed by atoms with Gasteiger partial charge in [-0.1, -0.05) is 13.0 Å². The Morgan fingerprint density at radius 3 is 2.57 bits per heavy atom. The van der Waals surface area contributed by atoms with E-state index in [4.69, 9.17) is 14.2 Å². The molecule has 0 amide bonds. The van der Waals surface area contributed by atoms with Gasteiger partial charge < -0.3 is 19.3 Å². The number of hydrogen-bond donors (Lipinski definition) is 1. The minimum atomic E-state index is -0.393. The topological polar surface area (TPSA) is 85.3 Å². The Morgan fingerprint density at radius 1 is 1.11 bits per heavy atom. The van der Waals surface area contributed by atoms with Crippen molar-refractivity contribution < 1.29 is 28.9 Å². The molecule has 192 valence electrons. The highest BCUT2D eigenvalue weighted by atomic mass is 16.6. The maximum absolute atomic E-state index is 13.2. The molecule has 7 nitrogen and oxygen atoms in total. The molecule has 2 aliphatic carbocycles. The van der Waals surface area contributed by atoms with Gasteiger partial charge in [-0.25, -0.2) is 0 Å². The van der Waals surface area contributed by atoms with Gasteiger partial charge in [-0.05, 0) is 87.6 Å². The summed E-state index contributed by atoms with van der Waals surface area (Å²) in [5, 5.41) is 9.84. The third kappa shape index (κ3) is 4.30. The summed E-state index contributed by atoms with van der Waals surface area (Å²) in [6.45, 7) is 6.04. The number of benzene rings is 1. The highest BCUT2D eigenvalue weighted by Crippen LogP contribution is 2.61. The number of carbonyl (C=O) groups is 2. The lowest BCUT2D eigenvalue weighted by atomic mass is 9.47. The van der Waals surface area contributed by atoms with Gasteiger partial charge in [-0.3, -0.25) is 14.5 Å². The van der Waals surface area contributed by atoms with E-state index in [1.807, 2.05) is 0 Å². The Bertz CT molecular complexity index is 963. The monoisotopic (exact) mass is 485 g/mol. The molecule has 5 rings (SSSR count). The molecule has 1 aromatic carbocycles. The van der Waals surface area contributed by atoms with Crippen molar-refractivity contribution in [2.75, 3.05) is 20.2 Å². The van der Waals surface area contributed by atoms with Crippen LogP contribution in [0.1, 0.15) is 64.4 Å². The number of hydrogen-bond acceptors (Lipinski definition) is 7. The van der Waals surface area contributed by atoms with Crippen molar-refractivity contribution >= 4 is 11.9 Å². The number of methoxy groups -OCH3 is 1. The number of aryl methyl sites for hydroxylation is 1. The number of piperidine rings is 2. The van der Waals surface area contributed by atoms with E-state index < -0.39 is 6.10 Å². The summed E-state index contributed by atoms with van der Waals surface area (Å²) in [5.74, 6) is 1.42. The van der Waals surface area contributed by atoms with Crippen LogP contribution in [-0.2, 0) is 25.5 Å². The van der Waals surface area contributed by atoms with Crippen LogP contribution in [0.5, 0.6) is 11.5 Å². The van der Waals surface area contributed by atoms with Gasteiger partial charge in [0.2, 0.25) is 0 Å². The van der Waals surface area contributed by atoms with E-state index in [9.17, 15) is 14.7 Å². The maximum Gasteiger partial charge on any atom is 0.306 e. The first-order valence-corrected chi connectivity index (χ1v) is 13.3. The molecule has 2 aliphatic heterocycles. The fourth-order valence-electron chi connectivity index (χ4n) is 8.18. The maximum atomic E-state index is 13.2. The van der Waals surface area contributed by atoms with Crippen molar-refractivity contribution in [3.63, 3.8) is 0 Å². The molecule has 1 N–H and O–H groups in total. The van der Waals surface area contributed by atoms with Crippen LogP contribution in [0.3, 0.4) is 0 Å². The molecule has 0 radical (unpaired) electrons. The molecule has 2 bridgehead atoms. The zero-order chi connectivity index (χ0) is 24.7. The van der Waals surface area contributed by atoms with Crippen molar-refractivity contribution in [1.29, 1.82) is 0 Å². The fraction of sp³-hybridized carbons (Fsp3) is 0.714. The van der Waals surface area contributed by atoms with E-state index in [0.29, 0.717) is 24.0 Å². The lowest BCUT2D eigenvalue weighted by molar-refractivity contribution is -0.249. The molecule has 35 heavy (non-hydrogen) atoms. The lowest BCUT2D eigenvalue weighted by Gasteiger charge is -2.69. The summed E-state index contributed by atoms with van der Waals surface area (Å²) in [6.07, 6.45) is 6.59. The number of nitrogens with zero attached hydrogens (tertiary/aromatic N) is 1. The van der Waals surface area contributed by atoms with E-state index in [1.165, 1.54) is 26.9 Å². The van der Waals surface area contributed by atoms with Gasteiger partial charge in [-0.15, -0.1) is 0 Å². The van der Waals surface area contributed by atoms with Crippen LogP contribution < -0.4 is 4.74 Å². The Hall–Kier alpha value is -2.28. The standard InChI is InChI=1S/C28H39NO6/c1-17-14-20-21-6-4-12-29-13-5-7-22(28(21,29)16-17)27(26(20)34-18(2)30)35-25(32)11-9-19-8-10-23(31)24(15-19)33-3/h8,10,15,17,20-22,26-27,31H,4-7,9,11-14,16H2,1-3H3/t17-,20+,21-,22-,26+,27+,28+/m1/s1. The van der Waals surface area contributed by atoms with E-state index in [1.54, 1.807) is 18.2 Å². The van der Waals surface area contributed by atoms with Crippen molar-refractivity contribution in [3.8, 4) is 11.5 Å². The number of phenols is 1.